The van der Waals surface area contributed by atoms with E-state index in [1.54, 1.807) is 55.1 Å². The van der Waals surface area contributed by atoms with Gasteiger partial charge in [-0.25, -0.2) is 10.3 Å². The van der Waals surface area contributed by atoms with Crippen LogP contribution in [-0.2, 0) is 9.53 Å². The van der Waals surface area contributed by atoms with Crippen molar-refractivity contribution in [1.29, 1.82) is 0 Å². The van der Waals surface area contributed by atoms with Gasteiger partial charge in [0.05, 0.1) is 6.61 Å². The number of rotatable bonds is 10. The highest BCUT2D eigenvalue weighted by molar-refractivity contribution is 7.98. The molecular formula is C22H26N2O6S. The molecule has 0 radical (unpaired) electrons. The second-order valence-electron chi connectivity index (χ2n) is 6.48. The van der Waals surface area contributed by atoms with Crippen LogP contribution >= 0.6 is 11.8 Å². The standard InChI is InChI=1S/C22H26N2O6S/c1-15(7-12-20(26)24-28)21(18-5-3-4-6-19(18)29-14-13-25)30-22(27)23-16-8-10-17(31-2)11-9-16/h3-12,15,21,25,28H,13-14H2,1-2H3,(H,23,27)(H,24,26)/b12-7+/t15-,21+/m0/s1. The first-order chi connectivity index (χ1) is 15.0. The Morgan fingerprint density at radius 1 is 1.16 bits per heavy atom. The Labute approximate surface area is 185 Å². The van der Waals surface area contributed by atoms with Gasteiger partial charge in [0, 0.05) is 28.1 Å². The van der Waals surface area contributed by atoms with E-state index in [2.05, 4.69) is 5.32 Å². The van der Waals surface area contributed by atoms with Crippen molar-refractivity contribution in [2.75, 3.05) is 24.8 Å². The molecule has 0 aliphatic heterocycles. The quantitative estimate of drug-likeness (QED) is 0.190. The van der Waals surface area contributed by atoms with Gasteiger partial charge in [0.1, 0.15) is 18.5 Å². The first-order valence-electron chi connectivity index (χ1n) is 9.55. The van der Waals surface area contributed by atoms with Gasteiger partial charge in [0.15, 0.2) is 0 Å². The van der Waals surface area contributed by atoms with Crippen LogP contribution in [0.5, 0.6) is 5.75 Å². The number of carbonyl (C=O) groups excluding carboxylic acids is 2. The van der Waals surface area contributed by atoms with Crippen molar-refractivity contribution in [3.8, 4) is 5.75 Å². The molecule has 0 bridgehead atoms. The van der Waals surface area contributed by atoms with Crippen molar-refractivity contribution in [1.82, 2.24) is 5.48 Å². The first kappa shape index (κ1) is 24.3. The number of amides is 2. The smallest absolute Gasteiger partial charge is 0.412 e. The summed E-state index contributed by atoms with van der Waals surface area (Å²) in [5.74, 6) is -0.694. The molecule has 2 aromatic rings. The number of hydroxylamine groups is 1. The second-order valence-corrected chi connectivity index (χ2v) is 7.36. The Morgan fingerprint density at radius 3 is 2.52 bits per heavy atom. The third kappa shape index (κ3) is 7.63. The van der Waals surface area contributed by atoms with E-state index in [0.717, 1.165) is 11.0 Å². The molecule has 0 saturated heterocycles. The minimum atomic E-state index is -0.803. The van der Waals surface area contributed by atoms with Gasteiger partial charge in [0.2, 0.25) is 0 Å². The van der Waals surface area contributed by atoms with E-state index in [9.17, 15) is 9.59 Å². The summed E-state index contributed by atoms with van der Waals surface area (Å²) in [6, 6.07) is 14.3. The molecule has 166 valence electrons. The van der Waals surface area contributed by atoms with E-state index < -0.39 is 24.0 Å². The zero-order valence-electron chi connectivity index (χ0n) is 17.3. The number of aliphatic hydroxyl groups excluding tert-OH is 1. The average molecular weight is 447 g/mol. The van der Waals surface area contributed by atoms with Crippen LogP contribution in [0.25, 0.3) is 0 Å². The van der Waals surface area contributed by atoms with E-state index in [-0.39, 0.29) is 13.2 Å². The number of thioether (sulfide) groups is 1. The third-order valence-corrected chi connectivity index (χ3v) is 5.03. The summed E-state index contributed by atoms with van der Waals surface area (Å²) in [5, 5.41) is 20.5. The Kier molecular flexibility index (Phi) is 9.89. The summed E-state index contributed by atoms with van der Waals surface area (Å²) in [6.07, 6.45) is 3.15. The number of carbonyl (C=O) groups is 2. The predicted octanol–water partition coefficient (Wildman–Crippen LogP) is 3.77. The van der Waals surface area contributed by atoms with E-state index in [4.69, 9.17) is 19.8 Å². The summed E-state index contributed by atoms with van der Waals surface area (Å²) in [4.78, 5) is 25.1. The third-order valence-electron chi connectivity index (χ3n) is 4.28. The van der Waals surface area contributed by atoms with Crippen molar-refractivity contribution in [3.05, 3.63) is 66.2 Å². The SMILES string of the molecule is CSc1ccc(NC(=O)O[C@@H](c2ccccc2OCCO)[C@@H](C)/C=C/C(=O)NO)cc1. The molecule has 0 aliphatic carbocycles. The number of hydrogen-bond donors (Lipinski definition) is 4. The molecule has 0 saturated carbocycles. The van der Waals surface area contributed by atoms with Gasteiger partial charge >= 0.3 is 6.09 Å². The van der Waals surface area contributed by atoms with E-state index >= 15 is 0 Å². The highest BCUT2D eigenvalue weighted by atomic mass is 32.2. The maximum Gasteiger partial charge on any atom is 0.412 e. The Balaban J connectivity index is 2.25. The maximum absolute atomic E-state index is 12.6. The molecule has 4 N–H and O–H groups in total. The molecule has 0 aromatic heterocycles. The van der Waals surface area contributed by atoms with Gasteiger partial charge in [-0.3, -0.25) is 15.3 Å². The zero-order valence-corrected chi connectivity index (χ0v) is 18.1. The normalized spacial score (nSPS) is 12.8. The van der Waals surface area contributed by atoms with Crippen molar-refractivity contribution < 1.29 is 29.4 Å². The molecule has 31 heavy (non-hydrogen) atoms. The van der Waals surface area contributed by atoms with Crippen LogP contribution in [-0.4, -0.2) is 41.8 Å². The number of ether oxygens (including phenoxy) is 2. The lowest BCUT2D eigenvalue weighted by Crippen LogP contribution is -2.22. The molecule has 0 unspecified atom stereocenters. The molecule has 0 spiro atoms. The van der Waals surface area contributed by atoms with Gasteiger partial charge in [-0.1, -0.05) is 31.2 Å². The summed E-state index contributed by atoms with van der Waals surface area (Å²) >= 11 is 1.59. The first-order valence-corrected chi connectivity index (χ1v) is 10.8. The Bertz CT molecular complexity index is 888. The fraction of sp³-hybridized carbons (Fsp3) is 0.273. The highest BCUT2D eigenvalue weighted by Crippen LogP contribution is 2.34. The summed E-state index contributed by atoms with van der Waals surface area (Å²) in [5.41, 5.74) is 2.67. The van der Waals surface area contributed by atoms with Crippen LogP contribution < -0.4 is 15.5 Å². The van der Waals surface area contributed by atoms with Gasteiger partial charge in [0.25, 0.3) is 5.91 Å². The number of nitrogens with one attached hydrogen (secondary N) is 2. The van der Waals surface area contributed by atoms with Gasteiger partial charge in [-0.2, -0.15) is 0 Å². The molecule has 2 rings (SSSR count). The largest absolute Gasteiger partial charge is 0.491 e. The van der Waals surface area contributed by atoms with E-state index in [0.29, 0.717) is 17.0 Å². The topological polar surface area (TPSA) is 117 Å². The van der Waals surface area contributed by atoms with Crippen LogP contribution in [0.15, 0.2) is 65.6 Å². The zero-order chi connectivity index (χ0) is 22.6. The monoisotopic (exact) mass is 446 g/mol. The average Bonchev–Trinajstić information content (AvgIpc) is 2.80. The van der Waals surface area contributed by atoms with Crippen LogP contribution in [0.1, 0.15) is 18.6 Å². The number of para-hydroxylation sites is 1. The minimum absolute atomic E-state index is 0.0782. The predicted molar refractivity (Wildman–Crippen MR) is 118 cm³/mol. The van der Waals surface area contributed by atoms with E-state index in [1.807, 2.05) is 18.4 Å². The Hall–Kier alpha value is -3.01. The molecule has 2 amide bonds. The van der Waals surface area contributed by atoms with Crippen LogP contribution in [0.3, 0.4) is 0 Å². The molecule has 0 fully saturated rings. The van der Waals surface area contributed by atoms with Crippen LogP contribution in [0.4, 0.5) is 10.5 Å². The van der Waals surface area contributed by atoms with Crippen LogP contribution in [0.2, 0.25) is 0 Å². The number of hydrogen-bond acceptors (Lipinski definition) is 7. The van der Waals surface area contributed by atoms with Gasteiger partial charge in [-0.05, 0) is 36.6 Å². The van der Waals surface area contributed by atoms with Crippen molar-refractivity contribution >= 4 is 29.4 Å². The summed E-state index contributed by atoms with van der Waals surface area (Å²) in [6.45, 7) is 1.67. The highest BCUT2D eigenvalue weighted by Gasteiger charge is 2.25. The van der Waals surface area contributed by atoms with Crippen molar-refractivity contribution in [2.24, 2.45) is 5.92 Å². The molecule has 9 heteroatoms. The number of anilines is 1. The minimum Gasteiger partial charge on any atom is -0.491 e. The van der Waals surface area contributed by atoms with Gasteiger partial charge in [-0.15, -0.1) is 11.8 Å². The fourth-order valence-electron chi connectivity index (χ4n) is 2.77. The number of benzene rings is 2. The molecule has 0 aliphatic rings. The lowest BCUT2D eigenvalue weighted by atomic mass is 9.96. The maximum atomic E-state index is 12.6. The number of aliphatic hydroxyl groups is 1. The van der Waals surface area contributed by atoms with Crippen molar-refractivity contribution in [3.63, 3.8) is 0 Å². The lowest BCUT2D eigenvalue weighted by molar-refractivity contribution is -0.124. The second kappa shape index (κ2) is 12.6. The van der Waals surface area contributed by atoms with Crippen molar-refractivity contribution in [2.45, 2.75) is 17.9 Å². The molecule has 2 aromatic carbocycles. The molecule has 0 heterocycles. The van der Waals surface area contributed by atoms with Gasteiger partial charge < -0.3 is 14.6 Å². The molecule has 8 nitrogen and oxygen atoms in total. The van der Waals surface area contributed by atoms with Crippen LogP contribution in [0, 0.1) is 5.92 Å². The molecule has 2 atom stereocenters. The van der Waals surface area contributed by atoms with E-state index in [1.165, 1.54) is 11.6 Å². The summed E-state index contributed by atoms with van der Waals surface area (Å²) in [7, 11) is 0. The molecular weight excluding hydrogens is 420 g/mol. The summed E-state index contributed by atoms with van der Waals surface area (Å²) < 4.78 is 11.3. The Morgan fingerprint density at radius 2 is 1.87 bits per heavy atom. The lowest BCUT2D eigenvalue weighted by Gasteiger charge is -2.24. The fourth-order valence-corrected chi connectivity index (χ4v) is 3.18.